The molecule has 0 saturated carbocycles. The highest BCUT2D eigenvalue weighted by Gasteiger charge is 2.13. The number of hydrogen-bond acceptors (Lipinski definition) is 3. The van der Waals surface area contributed by atoms with Crippen molar-refractivity contribution in [3.05, 3.63) is 18.3 Å². The van der Waals surface area contributed by atoms with Gasteiger partial charge in [-0.15, -0.1) is 11.3 Å². The summed E-state index contributed by atoms with van der Waals surface area (Å²) in [5.41, 5.74) is 0. The summed E-state index contributed by atoms with van der Waals surface area (Å²) < 4.78 is 6.44. The highest BCUT2D eigenvalue weighted by molar-refractivity contribution is 14.1. The lowest BCUT2D eigenvalue weighted by Gasteiger charge is -1.93. The average molecular weight is 347 g/mol. The van der Waals surface area contributed by atoms with Crippen molar-refractivity contribution in [1.82, 2.24) is 0 Å². The van der Waals surface area contributed by atoms with Gasteiger partial charge in [0.05, 0.1) is 9.99 Å². The summed E-state index contributed by atoms with van der Waals surface area (Å²) in [7, 11) is 1.38. The lowest BCUT2D eigenvalue weighted by molar-refractivity contribution is 0.0605. The molecule has 0 aliphatic carbocycles. The number of methoxy groups -OCH3 is 1. The quantitative estimate of drug-likeness (QED) is 0.577. The van der Waals surface area contributed by atoms with Crippen LogP contribution in [0.3, 0.4) is 0 Å². The van der Waals surface area contributed by atoms with Crippen molar-refractivity contribution in [2.24, 2.45) is 0 Å². The van der Waals surface area contributed by atoms with Crippen LogP contribution in [0.4, 0.5) is 0 Å². The molecule has 1 aromatic heterocycles. The largest absolute Gasteiger partial charge is 0.465 e. The first-order valence-electron chi connectivity index (χ1n) is 2.68. The molecule has 2 nitrogen and oxygen atoms in total. The number of halogens is 2. The second-order valence-electron chi connectivity index (χ2n) is 1.72. The Morgan fingerprint density at radius 3 is 2.82 bits per heavy atom. The van der Waals surface area contributed by atoms with Crippen molar-refractivity contribution in [1.29, 1.82) is 0 Å². The summed E-state index contributed by atoms with van der Waals surface area (Å²) in [6.45, 7) is 0. The van der Waals surface area contributed by atoms with E-state index in [0.717, 1.165) is 7.36 Å². The fourth-order valence-electron chi connectivity index (χ4n) is 0.573. The van der Waals surface area contributed by atoms with Crippen LogP contribution in [-0.4, -0.2) is 13.1 Å². The maximum absolute atomic E-state index is 11.0. The Kier molecular flexibility index (Phi) is 3.32. The molecule has 0 radical (unpaired) electrons. The second-order valence-corrected chi connectivity index (χ2v) is 5.52. The summed E-state index contributed by atoms with van der Waals surface area (Å²) in [4.78, 5) is 11.6. The lowest BCUT2D eigenvalue weighted by Crippen LogP contribution is -1.97. The molecule has 1 rings (SSSR count). The molecule has 0 unspecified atom stereocenters. The van der Waals surface area contributed by atoms with Crippen molar-refractivity contribution < 1.29 is 9.53 Å². The van der Waals surface area contributed by atoms with Gasteiger partial charge in [0.25, 0.3) is 0 Å². The number of ether oxygens (including phenoxy) is 1. The number of rotatable bonds is 1. The Labute approximate surface area is 90.2 Å². The Morgan fingerprint density at radius 1 is 1.82 bits per heavy atom. The number of thiophene rings is 1. The van der Waals surface area contributed by atoms with Gasteiger partial charge in [-0.2, -0.15) is 0 Å². The molecule has 0 N–H and O–H groups in total. The van der Waals surface area contributed by atoms with Gasteiger partial charge in [-0.3, -0.25) is 0 Å². The molecule has 5 heteroatoms. The maximum atomic E-state index is 11.0. The molecule has 0 bridgehead atoms. The SMILES string of the molecule is COC(=O)c1sc(I)cc1Br. The van der Waals surface area contributed by atoms with Crippen LogP contribution in [0.15, 0.2) is 10.5 Å². The predicted molar refractivity (Wildman–Crippen MR) is 56.1 cm³/mol. The van der Waals surface area contributed by atoms with Crippen LogP contribution in [0.2, 0.25) is 0 Å². The molecule has 1 heterocycles. The van der Waals surface area contributed by atoms with Gasteiger partial charge in [-0.1, -0.05) is 0 Å². The fourth-order valence-corrected chi connectivity index (χ4v) is 3.45. The molecule has 0 saturated heterocycles. The monoisotopic (exact) mass is 346 g/mol. The van der Waals surface area contributed by atoms with Crippen molar-refractivity contribution in [2.75, 3.05) is 7.11 Å². The second kappa shape index (κ2) is 3.86. The predicted octanol–water partition coefficient (Wildman–Crippen LogP) is 2.90. The molecule has 0 spiro atoms. The molecule has 0 aliphatic rings. The molecule has 0 fully saturated rings. The van der Waals surface area contributed by atoms with E-state index < -0.39 is 0 Å². The van der Waals surface area contributed by atoms with E-state index in [2.05, 4.69) is 43.3 Å². The molecule has 0 amide bonds. The minimum atomic E-state index is -0.287. The Bertz CT molecular complexity index is 284. The van der Waals surface area contributed by atoms with Crippen molar-refractivity contribution in [3.63, 3.8) is 0 Å². The van der Waals surface area contributed by atoms with E-state index >= 15 is 0 Å². The van der Waals surface area contributed by atoms with Gasteiger partial charge in [-0.25, -0.2) is 4.79 Å². The van der Waals surface area contributed by atoms with Gasteiger partial charge in [0.15, 0.2) is 0 Å². The van der Waals surface area contributed by atoms with Gasteiger partial charge >= 0.3 is 5.97 Å². The number of esters is 1. The van der Waals surface area contributed by atoms with Crippen LogP contribution in [-0.2, 0) is 4.74 Å². The summed E-state index contributed by atoms with van der Waals surface area (Å²) in [6, 6.07) is 1.89. The lowest BCUT2D eigenvalue weighted by atomic mass is 10.5. The first-order chi connectivity index (χ1) is 5.15. The van der Waals surface area contributed by atoms with E-state index in [-0.39, 0.29) is 5.97 Å². The summed E-state index contributed by atoms with van der Waals surface area (Å²) in [5, 5.41) is 0. The minimum Gasteiger partial charge on any atom is -0.465 e. The molecular weight excluding hydrogens is 343 g/mol. The molecule has 11 heavy (non-hydrogen) atoms. The fraction of sp³-hybridized carbons (Fsp3) is 0.167. The molecule has 0 atom stereocenters. The number of carbonyl (C=O) groups is 1. The third-order valence-electron chi connectivity index (χ3n) is 1.03. The van der Waals surface area contributed by atoms with Crippen LogP contribution in [0.5, 0.6) is 0 Å². The van der Waals surface area contributed by atoms with Crippen LogP contribution >= 0.6 is 49.9 Å². The van der Waals surface area contributed by atoms with E-state index in [1.165, 1.54) is 18.4 Å². The van der Waals surface area contributed by atoms with Gasteiger partial charge in [0.1, 0.15) is 4.88 Å². The van der Waals surface area contributed by atoms with Crippen molar-refractivity contribution in [2.45, 2.75) is 0 Å². The van der Waals surface area contributed by atoms with Gasteiger partial charge < -0.3 is 4.74 Å². The van der Waals surface area contributed by atoms with Crippen LogP contribution < -0.4 is 0 Å². The van der Waals surface area contributed by atoms with Gasteiger partial charge in [-0.05, 0) is 44.6 Å². The third kappa shape index (κ3) is 2.16. The van der Waals surface area contributed by atoms with Crippen LogP contribution in [0.1, 0.15) is 9.67 Å². The van der Waals surface area contributed by atoms with E-state index in [9.17, 15) is 4.79 Å². The van der Waals surface area contributed by atoms with Crippen LogP contribution in [0, 0.1) is 2.88 Å². The van der Waals surface area contributed by atoms with Crippen LogP contribution in [0.25, 0.3) is 0 Å². The molecule has 60 valence electrons. The van der Waals surface area contributed by atoms with Gasteiger partial charge in [0, 0.05) is 4.47 Å². The molecule has 0 aromatic carbocycles. The van der Waals surface area contributed by atoms with E-state index in [0.29, 0.717) is 4.88 Å². The zero-order valence-electron chi connectivity index (χ0n) is 5.56. The maximum Gasteiger partial charge on any atom is 0.349 e. The van der Waals surface area contributed by atoms with E-state index in [1.54, 1.807) is 0 Å². The highest BCUT2D eigenvalue weighted by atomic mass is 127. The zero-order valence-corrected chi connectivity index (χ0v) is 10.1. The summed E-state index contributed by atoms with van der Waals surface area (Å²) in [5.74, 6) is -0.287. The van der Waals surface area contributed by atoms with Crippen molar-refractivity contribution in [3.8, 4) is 0 Å². The topological polar surface area (TPSA) is 26.3 Å². The Hall–Kier alpha value is 0.380. The first kappa shape index (κ1) is 9.47. The number of hydrogen-bond donors (Lipinski definition) is 0. The summed E-state index contributed by atoms with van der Waals surface area (Å²) >= 11 is 6.83. The molecular formula is C6H4BrIO2S. The average Bonchev–Trinajstić information content (AvgIpc) is 2.28. The highest BCUT2D eigenvalue weighted by Crippen LogP contribution is 2.28. The smallest absolute Gasteiger partial charge is 0.349 e. The Balaban J connectivity index is 3.03. The minimum absolute atomic E-state index is 0.287. The number of carbonyl (C=O) groups excluding carboxylic acids is 1. The van der Waals surface area contributed by atoms with Gasteiger partial charge in [0.2, 0.25) is 0 Å². The standard InChI is InChI=1S/C6H4BrIO2S/c1-10-6(9)5-3(7)2-4(8)11-5/h2H,1H3. The van der Waals surface area contributed by atoms with E-state index in [1.807, 2.05) is 6.07 Å². The van der Waals surface area contributed by atoms with E-state index in [4.69, 9.17) is 0 Å². The first-order valence-corrected chi connectivity index (χ1v) is 5.37. The molecule has 1 aromatic rings. The zero-order chi connectivity index (χ0) is 8.43. The Morgan fingerprint density at radius 2 is 2.45 bits per heavy atom. The summed E-state index contributed by atoms with van der Waals surface area (Å²) in [6.07, 6.45) is 0. The molecule has 0 aliphatic heterocycles. The van der Waals surface area contributed by atoms with Crippen molar-refractivity contribution >= 4 is 55.8 Å². The normalized spacial score (nSPS) is 9.73. The third-order valence-corrected chi connectivity index (χ3v) is 3.79.